The van der Waals surface area contributed by atoms with Crippen molar-refractivity contribution in [2.45, 2.75) is 18.4 Å². The van der Waals surface area contributed by atoms with Crippen LogP contribution in [0.3, 0.4) is 0 Å². The van der Waals surface area contributed by atoms with Gasteiger partial charge in [0.25, 0.3) is 0 Å². The Morgan fingerprint density at radius 2 is 1.81 bits per heavy atom. The quantitative estimate of drug-likeness (QED) is 0.514. The second-order valence-electron chi connectivity index (χ2n) is 6.51. The van der Waals surface area contributed by atoms with E-state index in [0.29, 0.717) is 29.6 Å². The van der Waals surface area contributed by atoms with E-state index < -0.39 is 22.5 Å². The average molecular weight is 445 g/mol. The largest absolute Gasteiger partial charge is 0.495 e. The number of nitrogens with one attached hydrogen (secondary N) is 1. The van der Waals surface area contributed by atoms with Crippen molar-refractivity contribution in [3.63, 3.8) is 0 Å². The summed E-state index contributed by atoms with van der Waals surface area (Å²) < 4.78 is 43.5. The van der Waals surface area contributed by atoms with Crippen molar-refractivity contribution in [2.75, 3.05) is 25.6 Å². The van der Waals surface area contributed by atoms with E-state index in [4.69, 9.17) is 13.9 Å². The Labute approximate surface area is 181 Å². The topological polar surface area (TPSA) is 98.1 Å². The van der Waals surface area contributed by atoms with Crippen LogP contribution in [-0.2, 0) is 21.4 Å². The molecule has 0 spiro atoms. The molecule has 3 rings (SSSR count). The maximum Gasteiger partial charge on any atom is 0.243 e. The zero-order chi connectivity index (χ0) is 22.3. The number of sulfonamides is 1. The van der Waals surface area contributed by atoms with E-state index >= 15 is 0 Å². The number of anilines is 1. The Bertz CT molecular complexity index is 1100. The summed E-state index contributed by atoms with van der Waals surface area (Å²) >= 11 is 0. The zero-order valence-corrected chi connectivity index (χ0v) is 18.1. The van der Waals surface area contributed by atoms with Crippen LogP contribution >= 0.6 is 0 Å². The Balaban J connectivity index is 1.84. The van der Waals surface area contributed by atoms with E-state index in [0.717, 1.165) is 4.31 Å². The molecule has 0 saturated carbocycles. The maximum absolute atomic E-state index is 13.3. The summed E-state index contributed by atoms with van der Waals surface area (Å²) in [6, 6.07) is 16.3. The molecule has 0 aliphatic carbocycles. The number of methoxy groups -OCH3 is 1. The fourth-order valence-corrected chi connectivity index (χ4v) is 4.29. The first-order chi connectivity index (χ1) is 14.9. The first-order valence-corrected chi connectivity index (χ1v) is 11.1. The Morgan fingerprint density at radius 1 is 1.06 bits per heavy atom. The molecule has 1 amide bonds. The van der Waals surface area contributed by atoms with Gasteiger partial charge in [-0.15, -0.1) is 0 Å². The van der Waals surface area contributed by atoms with Crippen LogP contribution < -0.4 is 14.8 Å². The molecular weight excluding hydrogens is 420 g/mol. The van der Waals surface area contributed by atoms with Gasteiger partial charge in [-0.05, 0) is 55.5 Å². The summed E-state index contributed by atoms with van der Waals surface area (Å²) in [4.78, 5) is 12.8. The lowest BCUT2D eigenvalue weighted by Crippen LogP contribution is -2.37. The summed E-state index contributed by atoms with van der Waals surface area (Å²) in [5.74, 6) is 0.945. The summed E-state index contributed by atoms with van der Waals surface area (Å²) in [6.07, 6.45) is 1.45. The molecule has 8 nitrogen and oxygen atoms in total. The summed E-state index contributed by atoms with van der Waals surface area (Å²) in [6.45, 7) is 1.81. The van der Waals surface area contributed by atoms with Gasteiger partial charge in [0, 0.05) is 0 Å². The normalized spacial score (nSPS) is 11.3. The first-order valence-electron chi connectivity index (χ1n) is 9.62. The van der Waals surface area contributed by atoms with Gasteiger partial charge in [0.15, 0.2) is 0 Å². The Hall–Kier alpha value is -3.30. The predicted molar refractivity (Wildman–Crippen MR) is 116 cm³/mol. The molecule has 9 heteroatoms. The minimum absolute atomic E-state index is 0.0487. The Morgan fingerprint density at radius 3 is 2.45 bits per heavy atom. The van der Waals surface area contributed by atoms with Crippen LogP contribution in [0.25, 0.3) is 0 Å². The fourth-order valence-electron chi connectivity index (χ4n) is 2.92. The standard InChI is InChI=1S/C22H24N2O6S/c1-3-29-17-10-12-19(13-11-17)31(26,27)24(15-18-7-6-14-30-18)16-22(25)23-20-8-4-5-9-21(20)28-2/h4-14H,3,15-16H2,1-2H3,(H,23,25). The molecule has 31 heavy (non-hydrogen) atoms. The van der Waals surface area contributed by atoms with Gasteiger partial charge >= 0.3 is 0 Å². The third-order valence-electron chi connectivity index (χ3n) is 4.39. The number of hydrogen-bond donors (Lipinski definition) is 1. The lowest BCUT2D eigenvalue weighted by Gasteiger charge is -2.21. The van der Waals surface area contributed by atoms with Gasteiger partial charge in [0.2, 0.25) is 15.9 Å². The van der Waals surface area contributed by atoms with Crippen LogP contribution in [0.5, 0.6) is 11.5 Å². The highest BCUT2D eigenvalue weighted by Gasteiger charge is 2.28. The second kappa shape index (κ2) is 10.1. The van der Waals surface area contributed by atoms with Gasteiger partial charge in [-0.2, -0.15) is 4.31 Å². The number of furan rings is 1. The molecule has 0 unspecified atom stereocenters. The number of para-hydroxylation sites is 2. The van der Waals surface area contributed by atoms with Crippen LogP contribution in [0, 0.1) is 0 Å². The van der Waals surface area contributed by atoms with Crippen LogP contribution in [0.15, 0.2) is 76.2 Å². The van der Waals surface area contributed by atoms with Crippen molar-refractivity contribution >= 4 is 21.6 Å². The SMILES string of the molecule is CCOc1ccc(S(=O)(=O)N(CC(=O)Nc2ccccc2OC)Cc2ccco2)cc1. The molecule has 3 aromatic rings. The lowest BCUT2D eigenvalue weighted by molar-refractivity contribution is -0.116. The maximum atomic E-state index is 13.3. The molecule has 1 aromatic heterocycles. The van der Waals surface area contributed by atoms with Crippen molar-refractivity contribution in [3.05, 3.63) is 72.7 Å². The molecule has 164 valence electrons. The molecule has 1 heterocycles. The molecule has 0 bridgehead atoms. The van der Waals surface area contributed by atoms with E-state index in [1.165, 1.54) is 25.5 Å². The molecule has 0 radical (unpaired) electrons. The van der Waals surface area contributed by atoms with Crippen molar-refractivity contribution in [1.29, 1.82) is 0 Å². The van der Waals surface area contributed by atoms with Crippen LogP contribution in [-0.4, -0.2) is 38.9 Å². The van der Waals surface area contributed by atoms with E-state index in [9.17, 15) is 13.2 Å². The van der Waals surface area contributed by atoms with E-state index in [1.54, 1.807) is 48.5 Å². The minimum atomic E-state index is -3.99. The highest BCUT2D eigenvalue weighted by molar-refractivity contribution is 7.89. The van der Waals surface area contributed by atoms with E-state index in [2.05, 4.69) is 5.32 Å². The Kier molecular flexibility index (Phi) is 7.32. The molecule has 1 N–H and O–H groups in total. The van der Waals surface area contributed by atoms with Crippen molar-refractivity contribution in [2.24, 2.45) is 0 Å². The molecule has 0 aliphatic rings. The van der Waals surface area contributed by atoms with Crippen LogP contribution in [0.2, 0.25) is 0 Å². The molecule has 2 aromatic carbocycles. The predicted octanol–water partition coefficient (Wildman–Crippen LogP) is 3.52. The van der Waals surface area contributed by atoms with Crippen LogP contribution in [0.4, 0.5) is 5.69 Å². The highest BCUT2D eigenvalue weighted by Crippen LogP contribution is 2.24. The summed E-state index contributed by atoms with van der Waals surface area (Å²) in [7, 11) is -2.50. The number of nitrogens with zero attached hydrogens (tertiary/aromatic N) is 1. The molecule has 0 fully saturated rings. The van der Waals surface area contributed by atoms with Gasteiger partial charge in [-0.25, -0.2) is 8.42 Å². The summed E-state index contributed by atoms with van der Waals surface area (Å²) in [5, 5.41) is 2.70. The monoisotopic (exact) mass is 444 g/mol. The molecular formula is C22H24N2O6S. The third kappa shape index (κ3) is 5.65. The molecule has 0 saturated heterocycles. The number of benzene rings is 2. The third-order valence-corrected chi connectivity index (χ3v) is 6.19. The average Bonchev–Trinajstić information content (AvgIpc) is 3.27. The van der Waals surface area contributed by atoms with Crippen molar-refractivity contribution in [3.8, 4) is 11.5 Å². The van der Waals surface area contributed by atoms with Gasteiger partial charge in [-0.1, -0.05) is 12.1 Å². The number of carbonyl (C=O) groups is 1. The van der Waals surface area contributed by atoms with Gasteiger partial charge in [-0.3, -0.25) is 4.79 Å². The number of ether oxygens (including phenoxy) is 2. The second-order valence-corrected chi connectivity index (χ2v) is 8.44. The number of amides is 1. The van der Waals surface area contributed by atoms with Gasteiger partial charge in [0.05, 0.1) is 43.7 Å². The number of carbonyl (C=O) groups excluding carboxylic acids is 1. The number of rotatable bonds is 10. The fraction of sp³-hybridized carbons (Fsp3) is 0.227. The van der Waals surface area contributed by atoms with Crippen LogP contribution in [0.1, 0.15) is 12.7 Å². The first kappa shape index (κ1) is 22.4. The van der Waals surface area contributed by atoms with E-state index in [-0.39, 0.29) is 11.4 Å². The summed E-state index contributed by atoms with van der Waals surface area (Å²) in [5.41, 5.74) is 0.450. The van der Waals surface area contributed by atoms with Crippen molar-refractivity contribution < 1.29 is 27.1 Å². The van der Waals surface area contributed by atoms with Gasteiger partial charge in [0.1, 0.15) is 17.3 Å². The lowest BCUT2D eigenvalue weighted by atomic mass is 10.3. The minimum Gasteiger partial charge on any atom is -0.495 e. The smallest absolute Gasteiger partial charge is 0.243 e. The number of hydrogen-bond acceptors (Lipinski definition) is 6. The molecule has 0 atom stereocenters. The highest BCUT2D eigenvalue weighted by atomic mass is 32.2. The zero-order valence-electron chi connectivity index (χ0n) is 17.3. The van der Waals surface area contributed by atoms with Crippen molar-refractivity contribution in [1.82, 2.24) is 4.31 Å². The van der Waals surface area contributed by atoms with Gasteiger partial charge < -0.3 is 19.2 Å². The molecule has 0 aliphatic heterocycles. The van der Waals surface area contributed by atoms with E-state index in [1.807, 2.05) is 6.92 Å².